The second-order valence-corrected chi connectivity index (χ2v) is 2.80. The summed E-state index contributed by atoms with van der Waals surface area (Å²) < 4.78 is 11.1. The van der Waals surface area contributed by atoms with E-state index in [-0.39, 0.29) is 5.92 Å². The third kappa shape index (κ3) is 2.46. The van der Waals surface area contributed by atoms with Crippen molar-refractivity contribution in [1.29, 1.82) is 0 Å². The third-order valence-electron chi connectivity index (χ3n) is 2.05. The van der Waals surface area contributed by atoms with Gasteiger partial charge in [-0.3, -0.25) is 4.89 Å². The molecule has 4 heteroatoms. The van der Waals surface area contributed by atoms with Crippen molar-refractivity contribution < 1.29 is 19.3 Å². The van der Waals surface area contributed by atoms with Gasteiger partial charge >= 0.3 is 5.97 Å². The summed E-state index contributed by atoms with van der Waals surface area (Å²) >= 11 is 0. The molecule has 1 fully saturated rings. The van der Waals surface area contributed by atoms with Crippen LogP contribution in [-0.4, -0.2) is 5.97 Å². The van der Waals surface area contributed by atoms with Gasteiger partial charge in [-0.15, -0.1) is 0 Å². The Bertz CT molecular complexity index is 132. The molecule has 0 aromatic rings. The van der Waals surface area contributed by atoms with Crippen LogP contribution in [0.1, 0.15) is 32.1 Å². The zero-order valence-electron chi connectivity index (χ0n) is 6.22. The minimum absolute atomic E-state index is 0.153. The zero-order valence-corrected chi connectivity index (χ0v) is 6.22. The van der Waals surface area contributed by atoms with Gasteiger partial charge in [0.2, 0.25) is 0 Å². The summed E-state index contributed by atoms with van der Waals surface area (Å²) in [7, 11) is 0. The second-order valence-electron chi connectivity index (χ2n) is 2.80. The molecule has 0 heterocycles. The predicted molar refractivity (Wildman–Crippen MR) is 34.9 cm³/mol. The molecule has 0 N–H and O–H groups in total. The molecule has 0 aromatic heterocycles. The Morgan fingerprint density at radius 1 is 1.27 bits per heavy atom. The molecule has 11 heavy (non-hydrogen) atoms. The van der Waals surface area contributed by atoms with Gasteiger partial charge in [0.15, 0.2) is 0 Å². The fourth-order valence-electron chi connectivity index (χ4n) is 1.44. The fourth-order valence-corrected chi connectivity index (χ4v) is 1.44. The summed E-state index contributed by atoms with van der Waals surface area (Å²) in [4.78, 5) is 14.6. The average Bonchev–Trinajstić information content (AvgIpc) is 2.07. The Hall–Kier alpha value is -0.640. The molecule has 0 unspecified atom stereocenters. The van der Waals surface area contributed by atoms with Crippen LogP contribution < -0.4 is 0 Å². The highest BCUT2D eigenvalue weighted by atomic mass is 19.3. The van der Waals surface area contributed by atoms with E-state index in [2.05, 4.69) is 9.98 Å². The Labute approximate surface area is 64.3 Å². The van der Waals surface area contributed by atoms with E-state index in [9.17, 15) is 9.32 Å². The third-order valence-corrected chi connectivity index (χ3v) is 2.05. The lowest BCUT2D eigenvalue weighted by molar-refractivity contribution is -0.401. The van der Waals surface area contributed by atoms with Gasteiger partial charge in [0.1, 0.15) is 0 Å². The predicted octanol–water partition coefficient (Wildman–Crippen LogP) is 1.93. The first-order valence-corrected chi connectivity index (χ1v) is 3.83. The minimum Gasteiger partial charge on any atom is -0.265 e. The van der Waals surface area contributed by atoms with Crippen molar-refractivity contribution in [3.05, 3.63) is 0 Å². The molecule has 0 spiro atoms. The van der Waals surface area contributed by atoms with E-state index in [1.807, 2.05) is 0 Å². The molecule has 0 atom stereocenters. The van der Waals surface area contributed by atoms with E-state index in [0.29, 0.717) is 0 Å². The maximum atomic E-state index is 11.1. The van der Waals surface area contributed by atoms with Gasteiger partial charge in [0, 0.05) is 5.09 Å². The van der Waals surface area contributed by atoms with E-state index in [0.717, 1.165) is 32.1 Å². The highest BCUT2D eigenvalue weighted by Crippen LogP contribution is 2.24. The van der Waals surface area contributed by atoms with Gasteiger partial charge in [0.05, 0.1) is 5.92 Å². The highest BCUT2D eigenvalue weighted by molar-refractivity contribution is 5.71. The van der Waals surface area contributed by atoms with E-state index < -0.39 is 5.97 Å². The topological polar surface area (TPSA) is 35.5 Å². The molecule has 0 aromatic carbocycles. The lowest BCUT2D eigenvalue weighted by Crippen LogP contribution is -2.19. The van der Waals surface area contributed by atoms with Crippen LogP contribution in [0.3, 0.4) is 0 Å². The Kier molecular flexibility index (Phi) is 3.29. The Morgan fingerprint density at radius 3 is 2.45 bits per heavy atom. The van der Waals surface area contributed by atoms with Crippen molar-refractivity contribution >= 4 is 5.97 Å². The van der Waals surface area contributed by atoms with E-state index in [1.54, 1.807) is 0 Å². The van der Waals surface area contributed by atoms with E-state index >= 15 is 0 Å². The molecule has 0 amide bonds. The Balaban J connectivity index is 2.27. The molecule has 0 saturated heterocycles. The number of carbonyl (C=O) groups is 1. The maximum absolute atomic E-state index is 11.1. The first-order valence-electron chi connectivity index (χ1n) is 3.83. The number of rotatable bonds is 2. The largest absolute Gasteiger partial charge is 0.348 e. The van der Waals surface area contributed by atoms with Crippen molar-refractivity contribution in [3.63, 3.8) is 0 Å². The van der Waals surface area contributed by atoms with Crippen LogP contribution in [-0.2, 0) is 14.8 Å². The van der Waals surface area contributed by atoms with Crippen LogP contribution in [0.25, 0.3) is 0 Å². The van der Waals surface area contributed by atoms with Crippen LogP contribution in [0.15, 0.2) is 0 Å². The number of halogens is 1. The van der Waals surface area contributed by atoms with Gasteiger partial charge in [0.25, 0.3) is 0 Å². The van der Waals surface area contributed by atoms with Crippen LogP contribution >= 0.6 is 0 Å². The van der Waals surface area contributed by atoms with Gasteiger partial charge in [-0.1, -0.05) is 19.3 Å². The second kappa shape index (κ2) is 4.28. The van der Waals surface area contributed by atoms with Gasteiger partial charge in [-0.2, -0.15) is 0 Å². The summed E-state index contributed by atoms with van der Waals surface area (Å²) in [6, 6.07) is 0. The van der Waals surface area contributed by atoms with Gasteiger partial charge < -0.3 is 0 Å². The lowest BCUT2D eigenvalue weighted by Gasteiger charge is -2.17. The summed E-state index contributed by atoms with van der Waals surface area (Å²) in [5.41, 5.74) is 0. The summed E-state index contributed by atoms with van der Waals surface area (Å²) in [6.07, 6.45) is 4.78. The number of hydrogen-bond acceptors (Lipinski definition) is 3. The molecule has 0 bridgehead atoms. The molecule has 64 valence electrons. The molecule has 0 radical (unpaired) electrons. The molecule has 1 aliphatic rings. The first-order chi connectivity index (χ1) is 5.34. The maximum Gasteiger partial charge on any atom is 0.348 e. The smallest absolute Gasteiger partial charge is 0.265 e. The monoisotopic (exact) mass is 162 g/mol. The quantitative estimate of drug-likeness (QED) is 0.459. The van der Waals surface area contributed by atoms with Crippen LogP contribution in [0.4, 0.5) is 4.53 Å². The zero-order chi connectivity index (χ0) is 8.10. The van der Waals surface area contributed by atoms with E-state index in [1.165, 1.54) is 0 Å². The summed E-state index contributed by atoms with van der Waals surface area (Å²) in [5.74, 6) is -0.730. The normalized spacial score (nSPS) is 19.7. The van der Waals surface area contributed by atoms with E-state index in [4.69, 9.17) is 0 Å². The van der Waals surface area contributed by atoms with Crippen LogP contribution in [0.2, 0.25) is 0 Å². The molecular formula is C7H11FO3. The van der Waals surface area contributed by atoms with Crippen LogP contribution in [0.5, 0.6) is 0 Å². The minimum atomic E-state index is -0.577. The SMILES string of the molecule is O=C(OOF)C1CCCCC1. The van der Waals surface area contributed by atoms with Crippen molar-refractivity contribution in [2.75, 3.05) is 0 Å². The number of carbonyl (C=O) groups excluding carboxylic acids is 1. The van der Waals surface area contributed by atoms with Gasteiger partial charge in [-0.25, -0.2) is 4.79 Å². The average molecular weight is 162 g/mol. The number of hydrogen-bond donors (Lipinski definition) is 0. The Morgan fingerprint density at radius 2 is 1.91 bits per heavy atom. The van der Waals surface area contributed by atoms with Crippen molar-refractivity contribution in [2.45, 2.75) is 32.1 Å². The van der Waals surface area contributed by atoms with Crippen LogP contribution in [0, 0.1) is 5.92 Å². The van der Waals surface area contributed by atoms with Crippen molar-refractivity contribution in [1.82, 2.24) is 0 Å². The lowest BCUT2D eigenvalue weighted by atomic mass is 9.89. The van der Waals surface area contributed by atoms with Crippen molar-refractivity contribution in [2.24, 2.45) is 5.92 Å². The molecule has 1 saturated carbocycles. The molecular weight excluding hydrogens is 151 g/mol. The summed E-state index contributed by atoms with van der Waals surface area (Å²) in [5, 5.41) is 2.81. The molecule has 3 nitrogen and oxygen atoms in total. The highest BCUT2D eigenvalue weighted by Gasteiger charge is 2.23. The molecule has 1 aliphatic carbocycles. The fraction of sp³-hybridized carbons (Fsp3) is 0.857. The summed E-state index contributed by atoms with van der Waals surface area (Å²) in [6.45, 7) is 0. The molecule has 0 aliphatic heterocycles. The molecule has 1 rings (SSSR count). The first kappa shape index (κ1) is 8.46. The standard InChI is InChI=1S/C7H11FO3/c8-11-10-7(9)6-4-2-1-3-5-6/h6H,1-5H2. The van der Waals surface area contributed by atoms with Crippen molar-refractivity contribution in [3.8, 4) is 0 Å². The van der Waals surface area contributed by atoms with Gasteiger partial charge in [-0.05, 0) is 17.4 Å².